The van der Waals surface area contributed by atoms with E-state index in [0.29, 0.717) is 5.92 Å². The maximum atomic E-state index is 12.9. The minimum absolute atomic E-state index is 0.234. The van der Waals surface area contributed by atoms with E-state index in [-0.39, 0.29) is 5.91 Å². The number of carbonyl (C=O) groups is 1. The van der Waals surface area contributed by atoms with Crippen molar-refractivity contribution in [2.45, 2.75) is 50.9 Å². The minimum Gasteiger partial charge on any atom is -0.339 e. The van der Waals surface area contributed by atoms with Crippen molar-refractivity contribution in [2.24, 2.45) is 11.8 Å². The number of hydrogen-bond acceptors (Lipinski definition) is 2. The molecule has 2 heterocycles. The second kappa shape index (κ2) is 7.26. The predicted molar refractivity (Wildman–Crippen MR) is 97.3 cm³/mol. The molecule has 3 heteroatoms. The smallest absolute Gasteiger partial charge is 0.253 e. The molecule has 0 spiro atoms. The lowest BCUT2D eigenvalue weighted by molar-refractivity contribution is 0.0758. The third-order valence-corrected chi connectivity index (χ3v) is 6.54. The molecule has 3 nitrogen and oxygen atoms in total. The van der Waals surface area contributed by atoms with E-state index in [9.17, 15) is 4.79 Å². The van der Waals surface area contributed by atoms with Crippen LogP contribution in [0.5, 0.6) is 0 Å². The number of nitrogens with zero attached hydrogens (tertiary/aromatic N) is 1. The van der Waals surface area contributed by atoms with Gasteiger partial charge >= 0.3 is 0 Å². The van der Waals surface area contributed by atoms with Gasteiger partial charge in [0.2, 0.25) is 0 Å². The topological polar surface area (TPSA) is 32.3 Å². The van der Waals surface area contributed by atoms with Gasteiger partial charge in [0.05, 0.1) is 0 Å². The average molecular weight is 326 g/mol. The summed E-state index contributed by atoms with van der Waals surface area (Å²) in [7, 11) is 0. The summed E-state index contributed by atoms with van der Waals surface area (Å²) in [6, 6.07) is 8.55. The third-order valence-electron chi connectivity index (χ3n) is 6.54. The fraction of sp³-hybridized carbons (Fsp3) is 0.667. The molecular weight excluding hydrogens is 296 g/mol. The van der Waals surface area contributed by atoms with Crippen LogP contribution in [0.15, 0.2) is 24.3 Å². The van der Waals surface area contributed by atoms with E-state index >= 15 is 0 Å². The third kappa shape index (κ3) is 3.37. The summed E-state index contributed by atoms with van der Waals surface area (Å²) in [4.78, 5) is 15.0. The molecule has 2 atom stereocenters. The first kappa shape index (κ1) is 16.1. The van der Waals surface area contributed by atoms with Gasteiger partial charge in [-0.2, -0.15) is 0 Å². The molecule has 0 radical (unpaired) electrons. The van der Waals surface area contributed by atoms with Gasteiger partial charge in [0.25, 0.3) is 5.91 Å². The quantitative estimate of drug-likeness (QED) is 0.896. The van der Waals surface area contributed by atoms with Crippen LogP contribution in [0.4, 0.5) is 0 Å². The molecule has 1 aliphatic carbocycles. The normalized spacial score (nSPS) is 28.4. The van der Waals surface area contributed by atoms with Crippen molar-refractivity contribution in [1.82, 2.24) is 10.2 Å². The Hall–Kier alpha value is -1.35. The van der Waals surface area contributed by atoms with Crippen LogP contribution < -0.4 is 5.32 Å². The van der Waals surface area contributed by atoms with Crippen LogP contribution in [0.25, 0.3) is 0 Å². The first-order valence-electron chi connectivity index (χ1n) is 9.91. The van der Waals surface area contributed by atoms with Crippen molar-refractivity contribution >= 4 is 5.91 Å². The van der Waals surface area contributed by atoms with Gasteiger partial charge < -0.3 is 10.2 Å². The van der Waals surface area contributed by atoms with Gasteiger partial charge in [-0.05, 0) is 74.2 Å². The second-order valence-corrected chi connectivity index (χ2v) is 8.00. The van der Waals surface area contributed by atoms with Crippen molar-refractivity contribution in [3.8, 4) is 0 Å². The van der Waals surface area contributed by atoms with Crippen molar-refractivity contribution < 1.29 is 4.79 Å². The van der Waals surface area contributed by atoms with Gasteiger partial charge in [-0.3, -0.25) is 4.79 Å². The van der Waals surface area contributed by atoms with Gasteiger partial charge in [0.1, 0.15) is 0 Å². The molecule has 3 fully saturated rings. The zero-order chi connectivity index (χ0) is 16.4. The van der Waals surface area contributed by atoms with Crippen LogP contribution in [0.1, 0.15) is 66.8 Å². The van der Waals surface area contributed by atoms with Gasteiger partial charge in [-0.25, -0.2) is 0 Å². The molecule has 0 bridgehead atoms. The molecule has 4 rings (SSSR count). The van der Waals surface area contributed by atoms with E-state index in [0.717, 1.165) is 56.4 Å². The van der Waals surface area contributed by atoms with Crippen molar-refractivity contribution in [3.63, 3.8) is 0 Å². The maximum Gasteiger partial charge on any atom is 0.253 e. The highest BCUT2D eigenvalue weighted by atomic mass is 16.2. The fourth-order valence-electron chi connectivity index (χ4n) is 4.94. The summed E-state index contributed by atoms with van der Waals surface area (Å²) in [6.07, 6.45) is 9.05. The van der Waals surface area contributed by atoms with E-state index in [2.05, 4.69) is 34.5 Å². The lowest BCUT2D eigenvalue weighted by atomic mass is 9.84. The highest BCUT2D eigenvalue weighted by molar-refractivity contribution is 5.94. The number of hydrogen-bond donors (Lipinski definition) is 1. The Morgan fingerprint density at radius 3 is 2.12 bits per heavy atom. The summed E-state index contributed by atoms with van der Waals surface area (Å²) in [5.74, 6) is 2.50. The first-order valence-corrected chi connectivity index (χ1v) is 9.91. The van der Waals surface area contributed by atoms with Crippen molar-refractivity contribution in [1.29, 1.82) is 0 Å². The lowest BCUT2D eigenvalue weighted by Gasteiger charge is -2.23. The van der Waals surface area contributed by atoms with Crippen LogP contribution in [-0.2, 0) is 0 Å². The molecule has 2 saturated heterocycles. The Morgan fingerprint density at radius 1 is 0.875 bits per heavy atom. The molecular formula is C21H30N2O. The van der Waals surface area contributed by atoms with Gasteiger partial charge in [-0.15, -0.1) is 0 Å². The van der Waals surface area contributed by atoms with Crippen LogP contribution in [0.3, 0.4) is 0 Å². The second-order valence-electron chi connectivity index (χ2n) is 8.00. The zero-order valence-corrected chi connectivity index (χ0v) is 14.7. The van der Waals surface area contributed by atoms with E-state index in [1.54, 1.807) is 0 Å². The van der Waals surface area contributed by atoms with Gasteiger partial charge in [0, 0.05) is 18.7 Å². The van der Waals surface area contributed by atoms with E-state index < -0.39 is 0 Å². The molecule has 0 unspecified atom stereocenters. The number of carbonyl (C=O) groups excluding carboxylic acids is 1. The summed E-state index contributed by atoms with van der Waals surface area (Å²) in [5, 5.41) is 3.50. The first-order chi connectivity index (χ1) is 11.8. The number of nitrogens with one attached hydrogen (secondary N) is 1. The maximum absolute atomic E-state index is 12.9. The number of likely N-dealkylation sites (tertiary alicyclic amines) is 1. The average Bonchev–Trinajstić information content (AvgIpc) is 3.00. The Bertz CT molecular complexity index is 548. The molecule has 0 aromatic heterocycles. The van der Waals surface area contributed by atoms with E-state index in [4.69, 9.17) is 0 Å². The van der Waals surface area contributed by atoms with E-state index in [1.807, 2.05) is 0 Å². The Balaban J connectivity index is 1.40. The minimum atomic E-state index is 0.234. The van der Waals surface area contributed by atoms with Crippen molar-refractivity contribution in [2.75, 3.05) is 26.2 Å². The van der Waals surface area contributed by atoms with Gasteiger partial charge in [0.15, 0.2) is 0 Å². The van der Waals surface area contributed by atoms with Crippen LogP contribution in [0.2, 0.25) is 0 Å². The van der Waals surface area contributed by atoms with Crippen LogP contribution in [-0.4, -0.2) is 37.0 Å². The highest BCUT2D eigenvalue weighted by Crippen LogP contribution is 2.33. The Morgan fingerprint density at radius 2 is 1.50 bits per heavy atom. The zero-order valence-electron chi connectivity index (χ0n) is 14.7. The summed E-state index contributed by atoms with van der Waals surface area (Å²) >= 11 is 0. The van der Waals surface area contributed by atoms with Gasteiger partial charge in [-0.1, -0.05) is 31.4 Å². The molecule has 24 heavy (non-hydrogen) atoms. The molecule has 1 aromatic rings. The number of amides is 1. The molecule has 1 saturated carbocycles. The SMILES string of the molecule is O=C(c1ccc(C2CCCCC2)cc1)N1CC[C@@H]2CNC[C@@H]2CC1. The summed E-state index contributed by atoms with van der Waals surface area (Å²) in [6.45, 7) is 4.13. The monoisotopic (exact) mass is 326 g/mol. The molecule has 1 amide bonds. The Kier molecular flexibility index (Phi) is 4.88. The van der Waals surface area contributed by atoms with Crippen LogP contribution in [0, 0.1) is 11.8 Å². The van der Waals surface area contributed by atoms with Crippen LogP contribution >= 0.6 is 0 Å². The number of fused-ring (bicyclic) bond motifs is 1. The number of rotatable bonds is 2. The largest absolute Gasteiger partial charge is 0.339 e. The molecule has 3 aliphatic rings. The Labute approximate surface area is 145 Å². The number of benzene rings is 1. The van der Waals surface area contributed by atoms with Crippen molar-refractivity contribution in [3.05, 3.63) is 35.4 Å². The summed E-state index contributed by atoms with van der Waals surface area (Å²) in [5.41, 5.74) is 2.31. The molecule has 1 N–H and O–H groups in total. The summed E-state index contributed by atoms with van der Waals surface area (Å²) < 4.78 is 0. The molecule has 130 valence electrons. The molecule has 1 aromatic carbocycles. The molecule has 2 aliphatic heterocycles. The van der Waals surface area contributed by atoms with E-state index in [1.165, 1.54) is 37.7 Å². The predicted octanol–water partition coefficient (Wildman–Crippen LogP) is 3.81. The lowest BCUT2D eigenvalue weighted by Crippen LogP contribution is -2.32. The fourth-order valence-corrected chi connectivity index (χ4v) is 4.94. The highest BCUT2D eigenvalue weighted by Gasteiger charge is 2.31. The standard InChI is InChI=1S/C21H30N2O/c24-21(23-12-10-19-14-22-15-20(19)11-13-23)18-8-6-17(7-9-18)16-4-2-1-3-5-16/h6-9,16,19-20,22H,1-5,10-15H2/t19-,20+.